The molecule has 2 aromatic rings. The lowest BCUT2D eigenvalue weighted by molar-refractivity contribution is 0.924. The highest BCUT2D eigenvalue weighted by Gasteiger charge is 2.19. The van der Waals surface area contributed by atoms with Gasteiger partial charge in [-0.25, -0.2) is 4.98 Å². The summed E-state index contributed by atoms with van der Waals surface area (Å²) in [6.45, 7) is 1.86. The Labute approximate surface area is 98.7 Å². The van der Waals surface area contributed by atoms with Gasteiger partial charge in [-0.15, -0.1) is 0 Å². The van der Waals surface area contributed by atoms with E-state index in [1.807, 2.05) is 24.3 Å². The van der Waals surface area contributed by atoms with Crippen LogP contribution in [0.4, 0.5) is 5.95 Å². The minimum atomic E-state index is 0.878. The lowest BCUT2D eigenvalue weighted by Gasteiger charge is -2.12. The molecule has 0 amide bonds. The highest BCUT2D eigenvalue weighted by Crippen LogP contribution is 2.23. The van der Waals surface area contributed by atoms with Gasteiger partial charge in [-0.1, -0.05) is 23.7 Å². The molecule has 2 heterocycles. The van der Waals surface area contributed by atoms with Crippen LogP contribution in [0.15, 0.2) is 35.4 Å². The average molecular weight is 234 g/mol. The molecule has 3 rings (SSSR count). The molecule has 3 nitrogen and oxygen atoms in total. The molecule has 1 N–H and O–H groups in total. The second-order valence-electron chi connectivity index (χ2n) is 4.02. The van der Waals surface area contributed by atoms with Crippen molar-refractivity contribution < 1.29 is 0 Å². The molecule has 0 saturated carbocycles. The number of fused-ring (bicyclic) bond motifs is 1. The molecule has 16 heavy (non-hydrogen) atoms. The van der Waals surface area contributed by atoms with Crippen molar-refractivity contribution in [1.29, 1.82) is 0 Å². The molecule has 82 valence electrons. The molecular weight excluding hydrogens is 222 g/mol. The van der Waals surface area contributed by atoms with Crippen molar-refractivity contribution in [1.82, 2.24) is 9.97 Å². The summed E-state index contributed by atoms with van der Waals surface area (Å²) < 4.78 is 0. The number of H-pyrrole nitrogens is 1. The number of imidazole rings is 1. The summed E-state index contributed by atoms with van der Waals surface area (Å²) >= 11 is 5.72. The Morgan fingerprint density at radius 3 is 3.00 bits per heavy atom. The first-order chi connectivity index (χ1) is 7.86. The number of halogens is 1. The fourth-order valence-corrected chi connectivity index (χ4v) is 2.22. The summed E-state index contributed by atoms with van der Waals surface area (Å²) in [6, 6.07) is 8.07. The maximum atomic E-state index is 5.72. The van der Waals surface area contributed by atoms with Crippen molar-refractivity contribution in [3.8, 4) is 0 Å². The second kappa shape index (κ2) is 3.83. The number of aromatic amines is 1. The Balaban J connectivity index is 1.95. The predicted molar refractivity (Wildman–Crippen MR) is 66.9 cm³/mol. The van der Waals surface area contributed by atoms with Gasteiger partial charge in [0.2, 0.25) is 5.95 Å². The van der Waals surface area contributed by atoms with Gasteiger partial charge in [-0.3, -0.25) is 0 Å². The Hall–Kier alpha value is -1.48. The second-order valence-corrected chi connectivity index (χ2v) is 4.23. The van der Waals surface area contributed by atoms with Gasteiger partial charge in [0.15, 0.2) is 0 Å². The average Bonchev–Trinajstić information content (AvgIpc) is 2.95. The zero-order chi connectivity index (χ0) is 11.0. The lowest BCUT2D eigenvalue weighted by atomic mass is 10.3. The Bertz CT molecular complexity index is 511. The molecule has 1 aromatic heterocycles. The number of benzene rings is 1. The van der Waals surface area contributed by atoms with Crippen LogP contribution in [0.2, 0.25) is 0 Å². The molecule has 1 aliphatic heterocycles. The molecule has 0 aliphatic carbocycles. The van der Waals surface area contributed by atoms with E-state index in [4.69, 9.17) is 11.6 Å². The number of nitrogens with zero attached hydrogens (tertiary/aromatic N) is 2. The number of para-hydroxylation sites is 2. The summed E-state index contributed by atoms with van der Waals surface area (Å²) in [5, 5.41) is 0. The van der Waals surface area contributed by atoms with Gasteiger partial charge in [0.05, 0.1) is 11.0 Å². The molecule has 1 aliphatic rings. The molecular formula is C12H12ClN3. The van der Waals surface area contributed by atoms with E-state index in [1.54, 1.807) is 5.54 Å². The van der Waals surface area contributed by atoms with Gasteiger partial charge < -0.3 is 9.88 Å². The van der Waals surface area contributed by atoms with Crippen LogP contribution in [0.5, 0.6) is 0 Å². The third-order valence-corrected chi connectivity index (χ3v) is 3.24. The summed E-state index contributed by atoms with van der Waals surface area (Å²) in [6.07, 6.45) is 1.03. The lowest BCUT2D eigenvalue weighted by Crippen LogP contribution is -2.19. The molecule has 0 radical (unpaired) electrons. The molecule has 0 spiro atoms. The Morgan fingerprint density at radius 2 is 2.25 bits per heavy atom. The van der Waals surface area contributed by atoms with Gasteiger partial charge in [-0.05, 0) is 24.1 Å². The van der Waals surface area contributed by atoms with Crippen LogP contribution in [0.1, 0.15) is 6.42 Å². The van der Waals surface area contributed by atoms with Crippen LogP contribution >= 0.6 is 11.6 Å². The minimum absolute atomic E-state index is 0.878. The smallest absolute Gasteiger partial charge is 0.204 e. The van der Waals surface area contributed by atoms with Crippen LogP contribution in [-0.4, -0.2) is 23.1 Å². The van der Waals surface area contributed by atoms with Crippen molar-refractivity contribution in [2.24, 2.45) is 0 Å². The first-order valence-corrected chi connectivity index (χ1v) is 5.78. The van der Waals surface area contributed by atoms with E-state index in [-0.39, 0.29) is 0 Å². The largest absolute Gasteiger partial charge is 0.338 e. The van der Waals surface area contributed by atoms with E-state index in [1.165, 1.54) is 5.57 Å². The third kappa shape index (κ3) is 1.57. The Morgan fingerprint density at radius 1 is 1.38 bits per heavy atom. The Kier molecular flexibility index (Phi) is 2.33. The monoisotopic (exact) mass is 233 g/mol. The zero-order valence-electron chi connectivity index (χ0n) is 8.78. The quantitative estimate of drug-likeness (QED) is 0.822. The van der Waals surface area contributed by atoms with Crippen molar-refractivity contribution in [3.63, 3.8) is 0 Å². The molecule has 0 unspecified atom stereocenters. The molecule has 0 atom stereocenters. The van der Waals surface area contributed by atoms with Gasteiger partial charge in [0.25, 0.3) is 0 Å². The van der Waals surface area contributed by atoms with Gasteiger partial charge in [-0.2, -0.15) is 0 Å². The summed E-state index contributed by atoms with van der Waals surface area (Å²) in [5.41, 5.74) is 5.05. The van der Waals surface area contributed by atoms with E-state index >= 15 is 0 Å². The van der Waals surface area contributed by atoms with Crippen molar-refractivity contribution in [2.75, 3.05) is 18.0 Å². The predicted octanol–water partition coefficient (Wildman–Crippen LogP) is 2.90. The van der Waals surface area contributed by atoms with Gasteiger partial charge in [0, 0.05) is 18.6 Å². The summed E-state index contributed by atoms with van der Waals surface area (Å²) in [4.78, 5) is 10.1. The fourth-order valence-electron chi connectivity index (χ4n) is 2.04. The number of rotatable bonds is 1. The van der Waals surface area contributed by atoms with Crippen molar-refractivity contribution in [2.45, 2.75) is 6.42 Å². The maximum absolute atomic E-state index is 5.72. The van der Waals surface area contributed by atoms with Crippen LogP contribution in [-0.2, 0) is 0 Å². The number of aromatic nitrogens is 2. The third-order valence-electron chi connectivity index (χ3n) is 2.93. The summed E-state index contributed by atoms with van der Waals surface area (Å²) in [7, 11) is 0. The van der Waals surface area contributed by atoms with Gasteiger partial charge >= 0.3 is 0 Å². The number of hydrogen-bond donors (Lipinski definition) is 1. The maximum Gasteiger partial charge on any atom is 0.204 e. The number of hydrogen-bond acceptors (Lipinski definition) is 2. The first kappa shape index (κ1) is 9.73. The van der Waals surface area contributed by atoms with Crippen LogP contribution in [0.25, 0.3) is 11.0 Å². The van der Waals surface area contributed by atoms with E-state index in [0.717, 1.165) is 36.5 Å². The molecule has 4 heteroatoms. The van der Waals surface area contributed by atoms with E-state index in [9.17, 15) is 0 Å². The highest BCUT2D eigenvalue weighted by atomic mass is 35.5. The van der Waals surface area contributed by atoms with Crippen LogP contribution in [0, 0.1) is 0 Å². The minimum Gasteiger partial charge on any atom is -0.338 e. The molecule has 1 saturated heterocycles. The van der Waals surface area contributed by atoms with E-state index in [2.05, 4.69) is 14.9 Å². The highest BCUT2D eigenvalue weighted by molar-refractivity contribution is 6.25. The standard InChI is InChI=1S/C12H12ClN3/c13-7-9-5-6-16(8-9)12-14-10-3-1-2-4-11(10)15-12/h1-4,7H,5-6,8H2,(H,14,15)/b9-7-. The number of nitrogens with one attached hydrogen (secondary N) is 1. The van der Waals surface area contributed by atoms with Crippen molar-refractivity contribution in [3.05, 3.63) is 35.4 Å². The molecule has 0 bridgehead atoms. The fraction of sp³-hybridized carbons (Fsp3) is 0.250. The van der Waals surface area contributed by atoms with Crippen LogP contribution in [0.3, 0.4) is 0 Å². The normalized spacial score (nSPS) is 18.8. The molecule has 1 aromatic carbocycles. The SMILES string of the molecule is Cl/C=C1/CCN(c2nc3ccccc3[nH]2)C1. The zero-order valence-corrected chi connectivity index (χ0v) is 9.54. The van der Waals surface area contributed by atoms with Crippen LogP contribution < -0.4 is 4.90 Å². The van der Waals surface area contributed by atoms with Gasteiger partial charge in [0.1, 0.15) is 0 Å². The first-order valence-electron chi connectivity index (χ1n) is 5.34. The topological polar surface area (TPSA) is 31.9 Å². The van der Waals surface area contributed by atoms with E-state index in [0.29, 0.717) is 0 Å². The number of anilines is 1. The van der Waals surface area contributed by atoms with E-state index < -0.39 is 0 Å². The van der Waals surface area contributed by atoms with Crippen molar-refractivity contribution >= 4 is 28.6 Å². The summed E-state index contributed by atoms with van der Waals surface area (Å²) in [5.74, 6) is 0.940. The molecule has 1 fully saturated rings.